The number of thiophene rings is 1. The number of ether oxygens (including phenoxy) is 1. The fraction of sp³-hybridized carbons (Fsp3) is 0.467. The molecule has 2 aromatic rings. The van der Waals surface area contributed by atoms with Crippen LogP contribution in [0.1, 0.15) is 31.0 Å². The predicted octanol–water partition coefficient (Wildman–Crippen LogP) is 2.61. The van der Waals surface area contributed by atoms with Crippen molar-refractivity contribution in [1.82, 2.24) is 15.0 Å². The van der Waals surface area contributed by atoms with Gasteiger partial charge in [-0.3, -0.25) is 10.1 Å². The van der Waals surface area contributed by atoms with Crippen LogP contribution >= 0.6 is 11.3 Å². The SMILES string of the molecule is CCC(=O)Nc1nc(C)nc(NC(C)COCc2cccs2)n1. The third-order valence-corrected chi connectivity index (χ3v) is 3.74. The lowest BCUT2D eigenvalue weighted by molar-refractivity contribution is -0.115. The summed E-state index contributed by atoms with van der Waals surface area (Å²) in [5.41, 5.74) is 0. The molecule has 8 heteroatoms. The summed E-state index contributed by atoms with van der Waals surface area (Å²) in [4.78, 5) is 25.1. The predicted molar refractivity (Wildman–Crippen MR) is 90.5 cm³/mol. The van der Waals surface area contributed by atoms with Gasteiger partial charge in [-0.1, -0.05) is 13.0 Å². The number of nitrogens with one attached hydrogen (secondary N) is 2. The van der Waals surface area contributed by atoms with Crippen LogP contribution in [0, 0.1) is 6.92 Å². The van der Waals surface area contributed by atoms with Crippen LogP contribution in [0.4, 0.5) is 11.9 Å². The quantitative estimate of drug-likeness (QED) is 0.771. The van der Waals surface area contributed by atoms with Crippen LogP contribution in [0.2, 0.25) is 0 Å². The number of aromatic nitrogens is 3. The number of rotatable bonds is 8. The number of nitrogens with zero attached hydrogens (tertiary/aromatic N) is 3. The average molecular weight is 335 g/mol. The first kappa shape index (κ1) is 17.3. The molecule has 0 radical (unpaired) electrons. The molecule has 0 aliphatic rings. The summed E-state index contributed by atoms with van der Waals surface area (Å²) in [6, 6.07) is 4.08. The van der Waals surface area contributed by atoms with Crippen molar-refractivity contribution in [1.29, 1.82) is 0 Å². The Labute approximate surface area is 139 Å². The average Bonchev–Trinajstić information content (AvgIpc) is 2.99. The standard InChI is InChI=1S/C15H21N5O2S/c1-4-13(21)19-15-18-11(3)17-14(20-15)16-10(2)8-22-9-12-6-5-7-23-12/h5-7,10H,4,8-9H2,1-3H3,(H2,16,17,18,19,20,21). The summed E-state index contributed by atoms with van der Waals surface area (Å²) in [7, 11) is 0. The second kappa shape index (κ2) is 8.54. The summed E-state index contributed by atoms with van der Waals surface area (Å²) in [6.45, 7) is 6.64. The van der Waals surface area contributed by atoms with E-state index in [9.17, 15) is 4.79 Å². The van der Waals surface area contributed by atoms with E-state index in [1.165, 1.54) is 4.88 Å². The van der Waals surface area contributed by atoms with Crippen molar-refractivity contribution in [3.63, 3.8) is 0 Å². The summed E-state index contributed by atoms with van der Waals surface area (Å²) in [5, 5.41) is 7.82. The summed E-state index contributed by atoms with van der Waals surface area (Å²) < 4.78 is 5.66. The van der Waals surface area contributed by atoms with Gasteiger partial charge in [0.15, 0.2) is 0 Å². The van der Waals surface area contributed by atoms with Gasteiger partial charge < -0.3 is 10.1 Å². The van der Waals surface area contributed by atoms with Gasteiger partial charge in [0, 0.05) is 17.3 Å². The van der Waals surface area contributed by atoms with Crippen LogP contribution in [0.25, 0.3) is 0 Å². The van der Waals surface area contributed by atoms with Crippen LogP contribution in [-0.4, -0.2) is 33.5 Å². The Morgan fingerprint density at radius 1 is 1.35 bits per heavy atom. The normalized spacial score (nSPS) is 12.0. The molecule has 2 heterocycles. The first-order chi connectivity index (χ1) is 11.1. The molecule has 0 fully saturated rings. The number of hydrogen-bond acceptors (Lipinski definition) is 7. The number of amides is 1. The van der Waals surface area contributed by atoms with Crippen molar-refractivity contribution < 1.29 is 9.53 Å². The maximum atomic E-state index is 11.4. The molecule has 0 aromatic carbocycles. The van der Waals surface area contributed by atoms with Crippen molar-refractivity contribution in [3.8, 4) is 0 Å². The monoisotopic (exact) mass is 335 g/mol. The van der Waals surface area contributed by atoms with Crippen molar-refractivity contribution in [3.05, 3.63) is 28.2 Å². The number of hydrogen-bond donors (Lipinski definition) is 2. The van der Waals surface area contributed by atoms with Gasteiger partial charge in [0.2, 0.25) is 17.8 Å². The van der Waals surface area contributed by atoms with Crippen LogP contribution < -0.4 is 10.6 Å². The molecule has 2 aromatic heterocycles. The van der Waals surface area contributed by atoms with Gasteiger partial charge in [0.05, 0.1) is 13.2 Å². The first-order valence-electron chi connectivity index (χ1n) is 7.46. The number of aryl methyl sites for hydroxylation is 1. The van der Waals surface area contributed by atoms with E-state index < -0.39 is 0 Å². The maximum Gasteiger partial charge on any atom is 0.234 e. The van der Waals surface area contributed by atoms with Crippen LogP contribution in [0.5, 0.6) is 0 Å². The Hall–Kier alpha value is -2.06. The largest absolute Gasteiger partial charge is 0.374 e. The molecule has 2 rings (SSSR count). The van der Waals surface area contributed by atoms with Gasteiger partial charge >= 0.3 is 0 Å². The summed E-state index contributed by atoms with van der Waals surface area (Å²) >= 11 is 1.67. The van der Waals surface area contributed by atoms with Crippen molar-refractivity contribution in [2.24, 2.45) is 0 Å². The molecule has 0 aliphatic heterocycles. The van der Waals surface area contributed by atoms with Crippen molar-refractivity contribution in [2.75, 3.05) is 17.2 Å². The van der Waals surface area contributed by atoms with Crippen LogP contribution in [0.3, 0.4) is 0 Å². The van der Waals surface area contributed by atoms with Crippen molar-refractivity contribution >= 4 is 29.1 Å². The number of anilines is 2. The topological polar surface area (TPSA) is 89.0 Å². The van der Waals surface area contributed by atoms with Gasteiger partial charge in [-0.25, -0.2) is 0 Å². The minimum atomic E-state index is -0.131. The number of carbonyl (C=O) groups is 1. The highest BCUT2D eigenvalue weighted by Crippen LogP contribution is 2.11. The molecule has 1 atom stereocenters. The molecule has 0 saturated heterocycles. The Kier molecular flexibility index (Phi) is 6.42. The van der Waals surface area contributed by atoms with E-state index in [4.69, 9.17) is 4.74 Å². The molecule has 0 saturated carbocycles. The van der Waals surface area contributed by atoms with Gasteiger partial charge in [-0.15, -0.1) is 11.3 Å². The maximum absolute atomic E-state index is 11.4. The van der Waals surface area contributed by atoms with Crippen LogP contribution in [-0.2, 0) is 16.1 Å². The molecule has 1 amide bonds. The smallest absolute Gasteiger partial charge is 0.234 e. The van der Waals surface area contributed by atoms with E-state index in [0.717, 1.165) is 0 Å². The third kappa shape index (κ3) is 5.91. The molecule has 1 unspecified atom stereocenters. The first-order valence-corrected chi connectivity index (χ1v) is 8.34. The second-order valence-corrected chi connectivity index (χ2v) is 6.10. The zero-order valence-corrected chi connectivity index (χ0v) is 14.3. The van der Waals surface area contributed by atoms with Gasteiger partial charge in [-0.05, 0) is 25.3 Å². The molecular weight excluding hydrogens is 314 g/mol. The van der Waals surface area contributed by atoms with E-state index in [-0.39, 0.29) is 17.9 Å². The Bertz CT molecular complexity index is 633. The molecule has 124 valence electrons. The van der Waals surface area contributed by atoms with E-state index in [1.807, 2.05) is 24.4 Å². The second-order valence-electron chi connectivity index (χ2n) is 5.07. The highest BCUT2D eigenvalue weighted by Gasteiger charge is 2.09. The van der Waals surface area contributed by atoms with E-state index in [0.29, 0.717) is 31.4 Å². The molecular formula is C15H21N5O2S. The molecule has 0 aliphatic carbocycles. The Morgan fingerprint density at radius 2 is 2.13 bits per heavy atom. The highest BCUT2D eigenvalue weighted by atomic mass is 32.1. The third-order valence-electron chi connectivity index (χ3n) is 2.89. The fourth-order valence-electron chi connectivity index (χ4n) is 1.81. The molecule has 0 bridgehead atoms. The minimum Gasteiger partial charge on any atom is -0.374 e. The van der Waals surface area contributed by atoms with Gasteiger partial charge in [0.1, 0.15) is 5.82 Å². The molecule has 23 heavy (non-hydrogen) atoms. The molecule has 2 N–H and O–H groups in total. The highest BCUT2D eigenvalue weighted by molar-refractivity contribution is 7.09. The fourth-order valence-corrected chi connectivity index (χ4v) is 2.45. The summed E-state index contributed by atoms with van der Waals surface area (Å²) in [5.74, 6) is 1.10. The Morgan fingerprint density at radius 3 is 2.83 bits per heavy atom. The lowest BCUT2D eigenvalue weighted by Crippen LogP contribution is -2.24. The van der Waals surface area contributed by atoms with E-state index in [2.05, 4.69) is 25.6 Å². The van der Waals surface area contributed by atoms with E-state index in [1.54, 1.807) is 25.2 Å². The lowest BCUT2D eigenvalue weighted by atomic mass is 10.4. The van der Waals surface area contributed by atoms with Crippen LogP contribution in [0.15, 0.2) is 17.5 Å². The van der Waals surface area contributed by atoms with E-state index >= 15 is 0 Å². The molecule has 0 spiro atoms. The number of carbonyl (C=O) groups excluding carboxylic acids is 1. The lowest BCUT2D eigenvalue weighted by Gasteiger charge is -2.14. The van der Waals surface area contributed by atoms with Gasteiger partial charge in [0.25, 0.3) is 0 Å². The zero-order chi connectivity index (χ0) is 16.7. The van der Waals surface area contributed by atoms with Crippen molar-refractivity contribution in [2.45, 2.75) is 39.8 Å². The summed E-state index contributed by atoms with van der Waals surface area (Å²) in [6.07, 6.45) is 0.375. The zero-order valence-electron chi connectivity index (χ0n) is 13.5. The Balaban J connectivity index is 1.86. The molecule has 7 nitrogen and oxygen atoms in total. The van der Waals surface area contributed by atoms with Gasteiger partial charge in [-0.2, -0.15) is 15.0 Å². The minimum absolute atomic E-state index is 0.0338.